The second kappa shape index (κ2) is 8.77. The summed E-state index contributed by atoms with van der Waals surface area (Å²) in [6.07, 6.45) is 0. The summed E-state index contributed by atoms with van der Waals surface area (Å²) in [5.74, 6) is -0.249. The van der Waals surface area contributed by atoms with Crippen LogP contribution < -0.4 is 5.32 Å². The van der Waals surface area contributed by atoms with E-state index in [9.17, 15) is 4.79 Å². The normalized spacial score (nSPS) is 8.75. The van der Waals surface area contributed by atoms with Gasteiger partial charge in [0.15, 0.2) is 0 Å². The van der Waals surface area contributed by atoms with Crippen LogP contribution in [0.3, 0.4) is 0 Å². The van der Waals surface area contributed by atoms with Gasteiger partial charge in [0.25, 0.3) is 0 Å². The Morgan fingerprint density at radius 3 is 2.25 bits per heavy atom. The van der Waals surface area contributed by atoms with E-state index in [4.69, 9.17) is 4.74 Å². The number of hydrogen-bond donors (Lipinski definition) is 1. The number of benzene rings is 1. The van der Waals surface area contributed by atoms with Crippen LogP contribution in [0.4, 0.5) is 5.69 Å². The van der Waals surface area contributed by atoms with Gasteiger partial charge in [0.1, 0.15) is 6.61 Å². The van der Waals surface area contributed by atoms with E-state index in [1.165, 1.54) is 6.92 Å². The van der Waals surface area contributed by atoms with Gasteiger partial charge in [0, 0.05) is 19.2 Å². The minimum atomic E-state index is -0.249. The molecule has 0 aromatic heterocycles. The Kier molecular flexibility index (Phi) is 7.94. The molecule has 0 atom stereocenters. The van der Waals surface area contributed by atoms with Crippen LogP contribution in [-0.2, 0) is 16.1 Å². The van der Waals surface area contributed by atoms with Crippen LogP contribution in [0, 0.1) is 0 Å². The summed E-state index contributed by atoms with van der Waals surface area (Å²) < 4.78 is 4.87. The van der Waals surface area contributed by atoms with Gasteiger partial charge >= 0.3 is 5.97 Å². The number of rotatable bonds is 4. The zero-order valence-electron chi connectivity index (χ0n) is 10.5. The van der Waals surface area contributed by atoms with E-state index in [0.29, 0.717) is 6.61 Å². The molecule has 1 rings (SSSR count). The molecule has 0 fully saturated rings. The standard InChI is InChI=1S/C11H15NO2.C2H6/c1-3-12-11-6-4-10(5-7-11)8-14-9(2)13;1-2/h4-7,12H,3,8H2,1-2H3;1-2H3. The highest BCUT2D eigenvalue weighted by Crippen LogP contribution is 2.09. The summed E-state index contributed by atoms with van der Waals surface area (Å²) >= 11 is 0. The molecular formula is C13H21NO2. The molecule has 1 aromatic carbocycles. The van der Waals surface area contributed by atoms with E-state index in [2.05, 4.69) is 5.32 Å². The van der Waals surface area contributed by atoms with Gasteiger partial charge < -0.3 is 10.1 Å². The van der Waals surface area contributed by atoms with Crippen molar-refractivity contribution in [2.75, 3.05) is 11.9 Å². The first kappa shape index (κ1) is 14.5. The monoisotopic (exact) mass is 223 g/mol. The highest BCUT2D eigenvalue weighted by atomic mass is 16.5. The van der Waals surface area contributed by atoms with Crippen molar-refractivity contribution in [1.29, 1.82) is 0 Å². The van der Waals surface area contributed by atoms with Gasteiger partial charge in [-0.05, 0) is 24.6 Å². The number of ether oxygens (including phenoxy) is 1. The van der Waals surface area contributed by atoms with Crippen molar-refractivity contribution in [3.05, 3.63) is 29.8 Å². The smallest absolute Gasteiger partial charge is 0.302 e. The molecule has 90 valence electrons. The fourth-order valence-electron chi connectivity index (χ4n) is 1.11. The molecule has 0 unspecified atom stereocenters. The van der Waals surface area contributed by atoms with Crippen molar-refractivity contribution in [1.82, 2.24) is 0 Å². The molecule has 0 bridgehead atoms. The van der Waals surface area contributed by atoms with Crippen LogP contribution in [-0.4, -0.2) is 12.5 Å². The van der Waals surface area contributed by atoms with Gasteiger partial charge in [-0.15, -0.1) is 0 Å². The minimum absolute atomic E-state index is 0.249. The van der Waals surface area contributed by atoms with Gasteiger partial charge in [-0.25, -0.2) is 0 Å². The number of esters is 1. The molecule has 0 saturated heterocycles. The van der Waals surface area contributed by atoms with Crippen molar-refractivity contribution in [2.24, 2.45) is 0 Å². The average molecular weight is 223 g/mol. The molecule has 1 N–H and O–H groups in total. The first-order valence-corrected chi connectivity index (χ1v) is 5.68. The minimum Gasteiger partial charge on any atom is -0.461 e. The van der Waals surface area contributed by atoms with Crippen LogP contribution >= 0.6 is 0 Å². The summed E-state index contributed by atoms with van der Waals surface area (Å²) in [6.45, 7) is 8.71. The highest BCUT2D eigenvalue weighted by Gasteiger charge is 1.96. The number of hydrogen-bond acceptors (Lipinski definition) is 3. The molecule has 16 heavy (non-hydrogen) atoms. The average Bonchev–Trinajstić information content (AvgIpc) is 2.31. The molecule has 0 saturated carbocycles. The summed E-state index contributed by atoms with van der Waals surface area (Å²) in [5, 5.41) is 3.19. The summed E-state index contributed by atoms with van der Waals surface area (Å²) in [5.41, 5.74) is 2.08. The Bertz CT molecular complexity index is 293. The maximum absolute atomic E-state index is 10.6. The summed E-state index contributed by atoms with van der Waals surface area (Å²) in [4.78, 5) is 10.6. The largest absolute Gasteiger partial charge is 0.461 e. The fraction of sp³-hybridized carbons (Fsp3) is 0.462. The van der Waals surface area contributed by atoms with E-state index in [1.807, 2.05) is 45.0 Å². The lowest BCUT2D eigenvalue weighted by molar-refractivity contribution is -0.142. The molecule has 0 radical (unpaired) electrons. The number of carbonyl (C=O) groups excluding carboxylic acids is 1. The predicted octanol–water partition coefficient (Wildman–Crippen LogP) is 3.21. The SMILES string of the molecule is CC.CCNc1ccc(COC(C)=O)cc1. The van der Waals surface area contributed by atoms with E-state index >= 15 is 0 Å². The molecule has 0 spiro atoms. The first-order chi connectivity index (χ1) is 7.72. The zero-order valence-corrected chi connectivity index (χ0v) is 10.5. The second-order valence-electron chi connectivity index (χ2n) is 3.01. The Labute approximate surface area is 97.8 Å². The van der Waals surface area contributed by atoms with Crippen LogP contribution in [0.5, 0.6) is 0 Å². The molecular weight excluding hydrogens is 202 g/mol. The van der Waals surface area contributed by atoms with E-state index in [1.54, 1.807) is 0 Å². The Morgan fingerprint density at radius 2 is 1.81 bits per heavy atom. The van der Waals surface area contributed by atoms with E-state index < -0.39 is 0 Å². The van der Waals surface area contributed by atoms with Gasteiger partial charge in [0.2, 0.25) is 0 Å². The van der Waals surface area contributed by atoms with Crippen molar-refractivity contribution in [3.8, 4) is 0 Å². The highest BCUT2D eigenvalue weighted by molar-refractivity contribution is 5.65. The topological polar surface area (TPSA) is 38.3 Å². The van der Waals surface area contributed by atoms with E-state index in [-0.39, 0.29) is 5.97 Å². The summed E-state index contributed by atoms with van der Waals surface area (Å²) in [7, 11) is 0. The van der Waals surface area contributed by atoms with Gasteiger partial charge in [0.05, 0.1) is 0 Å². The van der Waals surface area contributed by atoms with Crippen LogP contribution in [0.2, 0.25) is 0 Å². The molecule has 0 heterocycles. The molecule has 0 aliphatic rings. The third-order valence-corrected chi connectivity index (χ3v) is 1.78. The maximum Gasteiger partial charge on any atom is 0.302 e. The lowest BCUT2D eigenvalue weighted by atomic mass is 10.2. The first-order valence-electron chi connectivity index (χ1n) is 5.68. The van der Waals surface area contributed by atoms with Crippen molar-refractivity contribution in [2.45, 2.75) is 34.3 Å². The van der Waals surface area contributed by atoms with E-state index in [0.717, 1.165) is 17.8 Å². The molecule has 0 aliphatic heterocycles. The molecule has 1 aromatic rings. The Morgan fingerprint density at radius 1 is 1.25 bits per heavy atom. The van der Waals surface area contributed by atoms with Crippen LogP contribution in [0.25, 0.3) is 0 Å². The summed E-state index contributed by atoms with van der Waals surface area (Å²) in [6, 6.07) is 7.84. The van der Waals surface area contributed by atoms with Gasteiger partial charge in [-0.1, -0.05) is 26.0 Å². The lowest BCUT2D eigenvalue weighted by Gasteiger charge is -2.05. The molecule has 3 nitrogen and oxygen atoms in total. The Balaban J connectivity index is 0.00000106. The van der Waals surface area contributed by atoms with Crippen molar-refractivity contribution >= 4 is 11.7 Å². The Hall–Kier alpha value is -1.51. The number of anilines is 1. The molecule has 3 heteroatoms. The number of nitrogens with one attached hydrogen (secondary N) is 1. The maximum atomic E-state index is 10.6. The van der Waals surface area contributed by atoms with Crippen molar-refractivity contribution < 1.29 is 9.53 Å². The van der Waals surface area contributed by atoms with Crippen molar-refractivity contribution in [3.63, 3.8) is 0 Å². The molecule has 0 aliphatic carbocycles. The van der Waals surface area contributed by atoms with Gasteiger partial charge in [-0.2, -0.15) is 0 Å². The zero-order chi connectivity index (χ0) is 12.4. The fourth-order valence-corrected chi connectivity index (χ4v) is 1.11. The second-order valence-corrected chi connectivity index (χ2v) is 3.01. The van der Waals surface area contributed by atoms with Crippen LogP contribution in [0.15, 0.2) is 24.3 Å². The predicted molar refractivity (Wildman–Crippen MR) is 67.4 cm³/mol. The molecule has 0 amide bonds. The third-order valence-electron chi connectivity index (χ3n) is 1.78. The number of carbonyl (C=O) groups is 1. The van der Waals surface area contributed by atoms with Gasteiger partial charge in [-0.3, -0.25) is 4.79 Å². The third kappa shape index (κ3) is 6.06. The van der Waals surface area contributed by atoms with Crippen LogP contribution in [0.1, 0.15) is 33.3 Å². The quantitative estimate of drug-likeness (QED) is 0.796. The lowest BCUT2D eigenvalue weighted by Crippen LogP contribution is -1.99.